The molecule has 23 heavy (non-hydrogen) atoms. The molecule has 0 aromatic carbocycles. The lowest BCUT2D eigenvalue weighted by Gasteiger charge is -2.43. The van der Waals surface area contributed by atoms with E-state index in [0.29, 0.717) is 19.6 Å². The van der Waals surface area contributed by atoms with Crippen molar-refractivity contribution in [2.75, 3.05) is 31.1 Å². The Labute approximate surface area is 135 Å². The van der Waals surface area contributed by atoms with Gasteiger partial charge in [-0.3, -0.25) is 19.6 Å². The molecule has 2 saturated heterocycles. The van der Waals surface area contributed by atoms with Crippen LogP contribution in [0, 0.1) is 0 Å². The summed E-state index contributed by atoms with van der Waals surface area (Å²) in [6.07, 6.45) is 3.57. The van der Waals surface area contributed by atoms with Gasteiger partial charge in [0.05, 0.1) is 17.9 Å². The molecule has 1 N–H and O–H groups in total. The van der Waals surface area contributed by atoms with Crippen molar-refractivity contribution in [2.24, 2.45) is 0 Å². The Morgan fingerprint density at radius 1 is 1.26 bits per heavy atom. The number of hydrogen-bond acceptors (Lipinski definition) is 6. The van der Waals surface area contributed by atoms with Gasteiger partial charge in [0, 0.05) is 50.7 Å². The summed E-state index contributed by atoms with van der Waals surface area (Å²) in [4.78, 5) is 19.1. The largest absolute Gasteiger partial charge is 0.481 e. The molecule has 0 unspecified atom stereocenters. The van der Waals surface area contributed by atoms with Crippen LogP contribution >= 0.6 is 0 Å². The second-order valence-electron chi connectivity index (χ2n) is 6.22. The van der Waals surface area contributed by atoms with E-state index in [2.05, 4.69) is 9.88 Å². The lowest BCUT2D eigenvalue weighted by atomic mass is 10.0. The van der Waals surface area contributed by atoms with E-state index in [0.717, 1.165) is 12.1 Å². The zero-order chi connectivity index (χ0) is 16.4. The predicted molar refractivity (Wildman–Crippen MR) is 84.7 cm³/mol. The number of carbonyl (C=O) groups is 1. The van der Waals surface area contributed by atoms with Gasteiger partial charge in [0.1, 0.15) is 0 Å². The summed E-state index contributed by atoms with van der Waals surface area (Å²) < 4.78 is 24.2. The van der Waals surface area contributed by atoms with Gasteiger partial charge in [0.15, 0.2) is 9.84 Å². The van der Waals surface area contributed by atoms with E-state index < -0.39 is 15.8 Å². The average Bonchev–Trinajstić information content (AvgIpc) is 2.83. The van der Waals surface area contributed by atoms with Crippen LogP contribution in [0.25, 0.3) is 0 Å². The molecule has 8 heteroatoms. The maximum atomic E-state index is 12.1. The molecule has 0 bridgehead atoms. The lowest BCUT2D eigenvalue weighted by Crippen LogP contribution is -2.58. The summed E-state index contributed by atoms with van der Waals surface area (Å²) in [5.74, 6) is -0.567. The third-order valence-electron chi connectivity index (χ3n) is 4.63. The number of fused-ring (bicyclic) bond motifs is 1. The topological polar surface area (TPSA) is 90.8 Å². The van der Waals surface area contributed by atoms with Gasteiger partial charge in [-0.2, -0.15) is 0 Å². The number of rotatable bonds is 5. The number of pyridine rings is 1. The van der Waals surface area contributed by atoms with Crippen LogP contribution < -0.4 is 0 Å². The maximum Gasteiger partial charge on any atom is 0.304 e. The van der Waals surface area contributed by atoms with Crippen molar-refractivity contribution in [3.8, 4) is 0 Å². The first-order valence-corrected chi connectivity index (χ1v) is 9.56. The number of hydrogen-bond donors (Lipinski definition) is 1. The third-order valence-corrected chi connectivity index (χ3v) is 6.33. The van der Waals surface area contributed by atoms with E-state index in [4.69, 9.17) is 5.11 Å². The second kappa shape index (κ2) is 6.54. The number of aromatic nitrogens is 1. The minimum Gasteiger partial charge on any atom is -0.481 e. The van der Waals surface area contributed by atoms with Crippen LogP contribution in [-0.2, 0) is 21.2 Å². The Bertz CT molecular complexity index is 665. The fourth-order valence-electron chi connectivity index (χ4n) is 3.54. The molecule has 7 nitrogen and oxygen atoms in total. The fourth-order valence-corrected chi connectivity index (χ4v) is 5.58. The molecule has 0 saturated carbocycles. The Hall–Kier alpha value is -1.51. The molecule has 2 atom stereocenters. The van der Waals surface area contributed by atoms with Crippen molar-refractivity contribution < 1.29 is 18.3 Å². The van der Waals surface area contributed by atoms with Gasteiger partial charge in [-0.25, -0.2) is 8.42 Å². The van der Waals surface area contributed by atoms with Gasteiger partial charge >= 0.3 is 5.97 Å². The summed E-state index contributed by atoms with van der Waals surface area (Å²) >= 11 is 0. The molecule has 0 amide bonds. The molecule has 0 spiro atoms. The Balaban J connectivity index is 1.74. The highest BCUT2D eigenvalue weighted by Gasteiger charge is 2.46. The van der Waals surface area contributed by atoms with E-state index in [1.165, 1.54) is 0 Å². The fraction of sp³-hybridized carbons (Fsp3) is 0.600. The van der Waals surface area contributed by atoms with Gasteiger partial charge in [-0.15, -0.1) is 0 Å². The van der Waals surface area contributed by atoms with Crippen LogP contribution in [0.4, 0.5) is 0 Å². The first kappa shape index (κ1) is 16.4. The zero-order valence-electron chi connectivity index (χ0n) is 12.8. The SMILES string of the molecule is O=C(O)CCN1CCN(Cc2cccnc2)[C@@H]2CS(=O)(=O)C[C@@H]21. The smallest absolute Gasteiger partial charge is 0.304 e. The van der Waals surface area contributed by atoms with Gasteiger partial charge in [0.25, 0.3) is 0 Å². The number of sulfone groups is 1. The van der Waals surface area contributed by atoms with E-state index in [1.807, 2.05) is 17.0 Å². The minimum absolute atomic E-state index is 0.0475. The summed E-state index contributed by atoms with van der Waals surface area (Å²) in [6.45, 7) is 2.53. The molecule has 2 aliphatic heterocycles. The highest BCUT2D eigenvalue weighted by Crippen LogP contribution is 2.28. The summed E-state index contributed by atoms with van der Waals surface area (Å²) in [5, 5.41) is 8.87. The van der Waals surface area contributed by atoms with Crippen molar-refractivity contribution in [3.05, 3.63) is 30.1 Å². The second-order valence-corrected chi connectivity index (χ2v) is 8.38. The van der Waals surface area contributed by atoms with Crippen molar-refractivity contribution >= 4 is 15.8 Å². The van der Waals surface area contributed by atoms with Gasteiger partial charge in [-0.1, -0.05) is 6.07 Å². The van der Waals surface area contributed by atoms with Gasteiger partial charge in [-0.05, 0) is 11.6 Å². The third kappa shape index (κ3) is 3.88. The molecule has 1 aromatic heterocycles. The Kier molecular flexibility index (Phi) is 4.65. The number of carboxylic acid groups (broad SMARTS) is 1. The number of nitrogens with zero attached hydrogens (tertiary/aromatic N) is 3. The van der Waals surface area contributed by atoms with Crippen LogP contribution in [0.15, 0.2) is 24.5 Å². The van der Waals surface area contributed by atoms with Gasteiger partial charge in [0.2, 0.25) is 0 Å². The van der Waals surface area contributed by atoms with E-state index in [9.17, 15) is 13.2 Å². The van der Waals surface area contributed by atoms with Crippen LogP contribution in [0.5, 0.6) is 0 Å². The first-order valence-electron chi connectivity index (χ1n) is 7.74. The monoisotopic (exact) mass is 339 g/mol. The van der Waals surface area contributed by atoms with Crippen molar-refractivity contribution in [3.63, 3.8) is 0 Å². The molecule has 0 aliphatic carbocycles. The van der Waals surface area contributed by atoms with Crippen LogP contribution in [0.3, 0.4) is 0 Å². The first-order chi connectivity index (χ1) is 10.9. The van der Waals surface area contributed by atoms with E-state index in [1.54, 1.807) is 12.4 Å². The van der Waals surface area contributed by atoms with E-state index >= 15 is 0 Å². The highest BCUT2D eigenvalue weighted by atomic mass is 32.2. The normalized spacial score (nSPS) is 27.7. The molecule has 126 valence electrons. The van der Waals surface area contributed by atoms with E-state index in [-0.39, 0.29) is 30.0 Å². The zero-order valence-corrected chi connectivity index (χ0v) is 13.7. The van der Waals surface area contributed by atoms with Crippen LogP contribution in [-0.4, -0.2) is 77.5 Å². The van der Waals surface area contributed by atoms with Crippen molar-refractivity contribution in [1.29, 1.82) is 0 Å². The summed E-state index contributed by atoms with van der Waals surface area (Å²) in [7, 11) is -3.07. The molecule has 2 fully saturated rings. The summed E-state index contributed by atoms with van der Waals surface area (Å²) in [5.41, 5.74) is 1.06. The number of carboxylic acids is 1. The maximum absolute atomic E-state index is 12.1. The molecular formula is C15H21N3O4S. The van der Waals surface area contributed by atoms with Gasteiger partial charge < -0.3 is 5.11 Å². The Morgan fingerprint density at radius 3 is 2.61 bits per heavy atom. The highest BCUT2D eigenvalue weighted by molar-refractivity contribution is 7.91. The van der Waals surface area contributed by atoms with Crippen molar-refractivity contribution in [2.45, 2.75) is 25.0 Å². The Morgan fingerprint density at radius 2 is 1.96 bits per heavy atom. The standard InChI is InChI=1S/C15H21N3O4S/c19-15(20)3-5-17-6-7-18(9-12-2-1-4-16-8-12)14-11-23(21,22)10-13(14)17/h1-2,4,8,13-14H,3,5-7,9-11H2,(H,19,20)/t13-,14+/m0/s1. The number of piperazine rings is 1. The molecular weight excluding hydrogens is 318 g/mol. The van der Waals surface area contributed by atoms with Crippen LogP contribution in [0.2, 0.25) is 0 Å². The molecule has 3 heterocycles. The quantitative estimate of drug-likeness (QED) is 0.797. The summed E-state index contributed by atoms with van der Waals surface area (Å²) in [6, 6.07) is 3.69. The lowest BCUT2D eigenvalue weighted by molar-refractivity contribution is -0.137. The van der Waals surface area contributed by atoms with Crippen LogP contribution in [0.1, 0.15) is 12.0 Å². The molecule has 3 rings (SSSR count). The average molecular weight is 339 g/mol. The predicted octanol–water partition coefficient (Wildman–Crippen LogP) is -0.160. The van der Waals surface area contributed by atoms with Crippen molar-refractivity contribution in [1.82, 2.24) is 14.8 Å². The number of aliphatic carboxylic acids is 1. The molecule has 1 aromatic rings. The molecule has 0 radical (unpaired) electrons. The minimum atomic E-state index is -3.07. The molecule has 2 aliphatic rings.